The predicted octanol–water partition coefficient (Wildman–Crippen LogP) is 3.11. The Hall–Kier alpha value is -1.88. The van der Waals surface area contributed by atoms with Gasteiger partial charge >= 0.3 is 0 Å². The molecule has 0 aliphatic heterocycles. The summed E-state index contributed by atoms with van der Waals surface area (Å²) in [6.45, 7) is 0. The number of pyridine rings is 1. The first-order valence-electron chi connectivity index (χ1n) is 5.27. The molecule has 0 unspecified atom stereocenters. The first-order valence-corrected chi connectivity index (χ1v) is 6.06. The highest BCUT2D eigenvalue weighted by atomic mass is 79.9. The van der Waals surface area contributed by atoms with Gasteiger partial charge in [-0.25, -0.2) is 4.98 Å². The second-order valence-electron chi connectivity index (χ2n) is 3.50. The minimum atomic E-state index is -0.235. The van der Waals surface area contributed by atoms with Crippen LogP contribution in [0.4, 0.5) is 5.69 Å². The molecule has 0 saturated heterocycles. The fraction of sp³-hybridized carbons (Fsp3) is 0.0769. The summed E-state index contributed by atoms with van der Waals surface area (Å²) in [5.41, 5.74) is 1.10. The molecular formula is C13H11BrN2O2. The normalized spacial score (nSPS) is 9.89. The van der Waals surface area contributed by atoms with Crippen LogP contribution in [0.2, 0.25) is 0 Å². The maximum Gasteiger partial charge on any atom is 0.259 e. The van der Waals surface area contributed by atoms with Gasteiger partial charge in [-0.15, -0.1) is 0 Å². The van der Waals surface area contributed by atoms with Gasteiger partial charge in [-0.3, -0.25) is 4.79 Å². The number of carbonyl (C=O) groups excluding carboxylic acids is 1. The topological polar surface area (TPSA) is 51.2 Å². The number of hydrogen-bond acceptors (Lipinski definition) is 3. The van der Waals surface area contributed by atoms with E-state index in [9.17, 15) is 4.79 Å². The molecule has 18 heavy (non-hydrogen) atoms. The fourth-order valence-corrected chi connectivity index (χ4v) is 1.85. The molecule has 0 saturated carbocycles. The van der Waals surface area contributed by atoms with E-state index >= 15 is 0 Å². The van der Waals surface area contributed by atoms with Crippen molar-refractivity contribution < 1.29 is 9.53 Å². The van der Waals surface area contributed by atoms with Crippen LogP contribution >= 0.6 is 15.9 Å². The van der Waals surface area contributed by atoms with E-state index in [1.165, 1.54) is 7.11 Å². The first-order chi connectivity index (χ1) is 8.72. The quantitative estimate of drug-likeness (QED) is 0.887. The first kappa shape index (κ1) is 12.6. The van der Waals surface area contributed by atoms with E-state index in [1.807, 2.05) is 6.07 Å². The summed E-state index contributed by atoms with van der Waals surface area (Å²) in [5, 5.41) is 2.77. The fourth-order valence-electron chi connectivity index (χ4n) is 1.50. The van der Waals surface area contributed by atoms with Crippen molar-refractivity contribution in [2.24, 2.45) is 0 Å². The number of aromatic nitrogens is 1. The van der Waals surface area contributed by atoms with E-state index in [0.717, 1.165) is 0 Å². The third-order valence-electron chi connectivity index (χ3n) is 2.36. The van der Waals surface area contributed by atoms with E-state index in [0.29, 0.717) is 21.6 Å². The number of methoxy groups -OCH3 is 1. The van der Waals surface area contributed by atoms with Crippen molar-refractivity contribution in [3.05, 3.63) is 52.8 Å². The van der Waals surface area contributed by atoms with Crippen LogP contribution in [-0.4, -0.2) is 18.0 Å². The van der Waals surface area contributed by atoms with Crippen LogP contribution in [0.25, 0.3) is 0 Å². The summed E-state index contributed by atoms with van der Waals surface area (Å²) in [5.74, 6) is 0.302. The number of hydrogen-bond donors (Lipinski definition) is 1. The summed E-state index contributed by atoms with van der Waals surface area (Å²) in [7, 11) is 1.53. The molecule has 4 nitrogen and oxygen atoms in total. The Morgan fingerprint density at radius 3 is 2.78 bits per heavy atom. The minimum Gasteiger partial charge on any atom is -0.496 e. The highest BCUT2D eigenvalue weighted by molar-refractivity contribution is 9.10. The molecule has 1 aromatic carbocycles. The lowest BCUT2D eigenvalue weighted by Gasteiger charge is -2.09. The molecule has 92 valence electrons. The Bertz CT molecular complexity index is 572. The molecule has 1 heterocycles. The molecule has 0 bridgehead atoms. The van der Waals surface area contributed by atoms with Crippen LogP contribution in [0.15, 0.2) is 47.2 Å². The number of para-hydroxylation sites is 1. The molecule has 5 heteroatoms. The lowest BCUT2D eigenvalue weighted by atomic mass is 10.2. The highest BCUT2D eigenvalue weighted by Gasteiger charge is 2.12. The van der Waals surface area contributed by atoms with E-state index in [2.05, 4.69) is 26.2 Å². The van der Waals surface area contributed by atoms with Crippen molar-refractivity contribution in [2.75, 3.05) is 12.4 Å². The van der Waals surface area contributed by atoms with Gasteiger partial charge in [0.25, 0.3) is 5.91 Å². The van der Waals surface area contributed by atoms with Crippen molar-refractivity contribution in [1.82, 2.24) is 4.98 Å². The van der Waals surface area contributed by atoms with Crippen LogP contribution in [0, 0.1) is 0 Å². The summed E-state index contributed by atoms with van der Waals surface area (Å²) in [6.07, 6.45) is 1.64. The number of nitrogens with one attached hydrogen (secondary N) is 1. The van der Waals surface area contributed by atoms with Gasteiger partial charge in [0.2, 0.25) is 0 Å². The second-order valence-corrected chi connectivity index (χ2v) is 4.25. The molecule has 0 atom stereocenters. The second kappa shape index (κ2) is 5.64. The van der Waals surface area contributed by atoms with Crippen molar-refractivity contribution >= 4 is 27.5 Å². The van der Waals surface area contributed by atoms with Crippen molar-refractivity contribution in [3.63, 3.8) is 0 Å². The van der Waals surface area contributed by atoms with Crippen molar-refractivity contribution in [1.29, 1.82) is 0 Å². The monoisotopic (exact) mass is 306 g/mol. The molecule has 0 aliphatic carbocycles. The van der Waals surface area contributed by atoms with Gasteiger partial charge in [0, 0.05) is 6.20 Å². The van der Waals surface area contributed by atoms with E-state index in [1.54, 1.807) is 36.5 Å². The third kappa shape index (κ3) is 2.68. The number of amides is 1. The minimum absolute atomic E-state index is 0.235. The van der Waals surface area contributed by atoms with Gasteiger partial charge in [-0.05, 0) is 40.2 Å². The average molecular weight is 307 g/mol. The van der Waals surface area contributed by atoms with Gasteiger partial charge < -0.3 is 10.1 Å². The van der Waals surface area contributed by atoms with E-state index in [-0.39, 0.29) is 5.91 Å². The summed E-state index contributed by atoms with van der Waals surface area (Å²) < 4.78 is 5.74. The Morgan fingerprint density at radius 2 is 2.06 bits per heavy atom. The number of nitrogens with zero attached hydrogens (tertiary/aromatic N) is 1. The smallest absolute Gasteiger partial charge is 0.259 e. The van der Waals surface area contributed by atoms with Crippen LogP contribution in [0.5, 0.6) is 5.75 Å². The number of halogens is 1. The Labute approximate surface area is 113 Å². The number of anilines is 1. The molecule has 2 rings (SSSR count). The molecule has 0 aliphatic rings. The van der Waals surface area contributed by atoms with Gasteiger partial charge in [0.15, 0.2) is 0 Å². The zero-order chi connectivity index (χ0) is 13.0. The highest BCUT2D eigenvalue weighted by Crippen LogP contribution is 2.22. The van der Waals surface area contributed by atoms with Gasteiger partial charge in [0.05, 0.1) is 18.4 Å². The maximum atomic E-state index is 12.1. The number of ether oxygens (including phenoxy) is 1. The van der Waals surface area contributed by atoms with Gasteiger partial charge in [0.1, 0.15) is 10.4 Å². The number of carbonyl (C=O) groups is 1. The lowest BCUT2D eigenvalue weighted by Crippen LogP contribution is -2.13. The summed E-state index contributed by atoms with van der Waals surface area (Å²) in [6, 6.07) is 10.6. The zero-order valence-corrected chi connectivity index (χ0v) is 11.3. The van der Waals surface area contributed by atoms with Crippen LogP contribution < -0.4 is 10.1 Å². The molecule has 0 fully saturated rings. The van der Waals surface area contributed by atoms with E-state index in [4.69, 9.17) is 4.74 Å². The standard InChI is InChI=1S/C13H11BrN2O2/c1-18-11-7-3-2-5-9(11)13(17)16-10-6-4-8-15-12(10)14/h2-8H,1H3,(H,16,17). The van der Waals surface area contributed by atoms with Gasteiger partial charge in [-0.2, -0.15) is 0 Å². The molecule has 1 N–H and O–H groups in total. The summed E-state index contributed by atoms with van der Waals surface area (Å²) in [4.78, 5) is 16.1. The number of benzene rings is 1. The molecular weight excluding hydrogens is 296 g/mol. The van der Waals surface area contributed by atoms with E-state index < -0.39 is 0 Å². The Kier molecular flexibility index (Phi) is 3.94. The molecule has 1 aromatic heterocycles. The molecule has 2 aromatic rings. The van der Waals surface area contributed by atoms with Crippen molar-refractivity contribution in [3.8, 4) is 5.75 Å². The predicted molar refractivity (Wildman–Crippen MR) is 72.9 cm³/mol. The maximum absolute atomic E-state index is 12.1. The molecule has 1 amide bonds. The van der Waals surface area contributed by atoms with Gasteiger partial charge in [-0.1, -0.05) is 12.1 Å². The largest absolute Gasteiger partial charge is 0.496 e. The average Bonchev–Trinajstić information content (AvgIpc) is 2.41. The molecule has 0 spiro atoms. The SMILES string of the molecule is COc1ccccc1C(=O)Nc1cccnc1Br. The lowest BCUT2D eigenvalue weighted by molar-refractivity contribution is 0.102. The van der Waals surface area contributed by atoms with Crippen LogP contribution in [-0.2, 0) is 0 Å². The van der Waals surface area contributed by atoms with Crippen LogP contribution in [0.3, 0.4) is 0 Å². The Morgan fingerprint density at radius 1 is 1.28 bits per heavy atom. The number of rotatable bonds is 3. The molecule has 0 radical (unpaired) electrons. The van der Waals surface area contributed by atoms with Crippen LogP contribution in [0.1, 0.15) is 10.4 Å². The van der Waals surface area contributed by atoms with Crippen molar-refractivity contribution in [2.45, 2.75) is 0 Å². The third-order valence-corrected chi connectivity index (χ3v) is 2.99. The zero-order valence-electron chi connectivity index (χ0n) is 9.68. The Balaban J connectivity index is 2.25. The summed E-state index contributed by atoms with van der Waals surface area (Å²) >= 11 is 3.28.